The van der Waals surface area contributed by atoms with Gasteiger partial charge in [0.25, 0.3) is 13.4 Å². The number of benzene rings is 15. The van der Waals surface area contributed by atoms with Crippen molar-refractivity contribution in [1.82, 2.24) is 0 Å². The molecule has 8 nitrogen and oxygen atoms in total. The summed E-state index contributed by atoms with van der Waals surface area (Å²) in [7, 11) is 0. The lowest BCUT2D eigenvalue weighted by atomic mass is 9.34. The highest BCUT2D eigenvalue weighted by Crippen LogP contribution is 2.66. The molecule has 0 saturated carbocycles. The third-order valence-electron chi connectivity index (χ3n) is 24.5. The quantitative estimate of drug-likeness (QED) is 0.132. The van der Waals surface area contributed by atoms with Crippen LogP contribution in [0.2, 0.25) is 0 Å². The second kappa shape index (κ2) is 24.2. The maximum absolute atomic E-state index is 8.69. The molecule has 15 aromatic carbocycles. The number of furan rings is 1. The van der Waals surface area contributed by atoms with Gasteiger partial charge in [0.1, 0.15) is 11.4 Å². The van der Waals surface area contributed by atoms with Crippen LogP contribution in [0.3, 0.4) is 0 Å². The maximum atomic E-state index is 8.69. The molecular weight excluding hydrogens is 1370 g/mol. The van der Waals surface area contributed by atoms with E-state index in [1.165, 1.54) is 44.2 Å². The van der Waals surface area contributed by atoms with Gasteiger partial charge in [0.15, 0.2) is 0 Å². The summed E-state index contributed by atoms with van der Waals surface area (Å²) >= 11 is 0. The fourth-order valence-electron chi connectivity index (χ4n) is 19.7. The van der Waals surface area contributed by atoms with Gasteiger partial charge in [-0.25, -0.2) is 0 Å². The van der Waals surface area contributed by atoms with Crippen LogP contribution in [-0.2, 0) is 10.8 Å². The predicted molar refractivity (Wildman–Crippen MR) is 475 cm³/mol. The molecule has 0 radical (unpaired) electrons. The average molecular weight is 1450 g/mol. The van der Waals surface area contributed by atoms with E-state index in [1.807, 2.05) is 0 Å². The second-order valence-corrected chi connectivity index (χ2v) is 33.3. The highest BCUT2D eigenvalue weighted by Gasteiger charge is 2.58. The molecule has 0 fully saturated rings. The van der Waals surface area contributed by atoms with E-state index in [2.05, 4.69) is 422 Å². The molecule has 1 aromatic heterocycles. The number of fused-ring (bicyclic) bond motifs is 15. The SMILES string of the molecule is Cc1cc2c3c(c1)N1c4ccccc4N4c5cc(N(c6ccccc6)c6ccccc6)cc6c5B(c5cc(C(C)(C)C)cc7c5N6c5cc(-c6ccccc6)cc(-c6ccccc6)c5N7c5ccccc5)c5oc(c1c54)B3c1ccc(C(C)(C)C)c3c1N2c1cc(-c2ccccc2)cc(-c2ccccc2)c1N3c1ccccc1. The Morgan fingerprint density at radius 2 is 0.655 bits per heavy atom. The van der Waals surface area contributed by atoms with Crippen molar-refractivity contribution >= 4 is 166 Å². The van der Waals surface area contributed by atoms with Gasteiger partial charge in [0.05, 0.1) is 73.9 Å². The molecule has 0 aliphatic carbocycles. The Balaban J connectivity index is 0.865. The summed E-state index contributed by atoms with van der Waals surface area (Å²) in [5, 5.41) is 0. The number of rotatable bonds is 9. The van der Waals surface area contributed by atoms with Gasteiger partial charge < -0.3 is 38.7 Å². The van der Waals surface area contributed by atoms with Gasteiger partial charge in [-0.2, -0.15) is 0 Å². The number of hydrogen-bond acceptors (Lipinski definition) is 8. The summed E-state index contributed by atoms with van der Waals surface area (Å²) in [5.74, 6) is 0. The molecule has 113 heavy (non-hydrogen) atoms. The van der Waals surface area contributed by atoms with Crippen molar-refractivity contribution in [2.75, 3.05) is 34.3 Å². The third-order valence-corrected chi connectivity index (χ3v) is 24.5. The summed E-state index contributed by atoms with van der Waals surface area (Å²) in [5.41, 5.74) is 41.9. The standard InChI is InChI=1S/C103H77B2N7O/c1-64-54-84-91-85(55-64)112-89-59-70(66-36-18-9-19-37-66)57-78(68-40-22-11-23-41-68)94(89)108(75-48-30-15-31-49-75)95-79(103(5,6)7)52-53-80(97(95)112)104(91)100-98-99-101(113-100)105-81-60-71(102(2,3)4)61-90-96(81)111(88-58-69(65-34-16-8-17-35-65)56-77(67-38-20-10-21-39-67)93(88)107(90)74-46-28-14-29-47-74)87-63-76(106(72-42-24-12-25-43-72)73-44-26-13-27-45-73)62-86(92(87)105)110(99)83-51-33-32-50-82(83)109(84)98/h8-63H,1-7H3. The molecule has 8 heterocycles. The Kier molecular flexibility index (Phi) is 13.9. The van der Waals surface area contributed by atoms with E-state index in [9.17, 15) is 0 Å². The van der Waals surface area contributed by atoms with E-state index < -0.39 is 6.71 Å². The Bertz CT molecular complexity index is 6580. The normalized spacial score (nSPS) is 13.8. The molecule has 23 rings (SSSR count). The van der Waals surface area contributed by atoms with Gasteiger partial charge in [-0.15, -0.1) is 0 Å². The van der Waals surface area contributed by atoms with Gasteiger partial charge in [-0.1, -0.05) is 266 Å². The van der Waals surface area contributed by atoms with Crippen molar-refractivity contribution in [2.24, 2.45) is 0 Å². The highest BCUT2D eigenvalue weighted by atomic mass is 16.3. The lowest BCUT2D eigenvalue weighted by molar-refractivity contribution is 0.590. The fourth-order valence-corrected chi connectivity index (χ4v) is 19.7. The van der Waals surface area contributed by atoms with Crippen molar-refractivity contribution in [3.63, 3.8) is 0 Å². The van der Waals surface area contributed by atoms with Crippen LogP contribution in [0, 0.1) is 6.92 Å². The van der Waals surface area contributed by atoms with E-state index in [-0.39, 0.29) is 17.5 Å². The van der Waals surface area contributed by atoms with Crippen LogP contribution in [0.5, 0.6) is 0 Å². The zero-order valence-corrected chi connectivity index (χ0v) is 64.0. The van der Waals surface area contributed by atoms with E-state index >= 15 is 0 Å². The topological polar surface area (TPSA) is 35.8 Å². The Morgan fingerprint density at radius 1 is 0.265 bits per heavy atom. The summed E-state index contributed by atoms with van der Waals surface area (Å²) in [6.45, 7) is 15.8. The van der Waals surface area contributed by atoms with Gasteiger partial charge in [0, 0.05) is 56.6 Å². The van der Waals surface area contributed by atoms with Crippen molar-refractivity contribution in [3.05, 3.63) is 356 Å². The number of para-hydroxylation sites is 6. The minimum Gasteiger partial charge on any atom is -0.480 e. The maximum Gasteiger partial charge on any atom is 0.297 e. The molecule has 0 unspecified atom stereocenters. The van der Waals surface area contributed by atoms with E-state index in [4.69, 9.17) is 4.42 Å². The Labute approximate surface area is 660 Å². The summed E-state index contributed by atoms with van der Waals surface area (Å²) in [6, 6.07) is 127. The van der Waals surface area contributed by atoms with Crippen molar-refractivity contribution in [3.8, 4) is 44.5 Å². The van der Waals surface area contributed by atoms with Crippen LogP contribution in [0.1, 0.15) is 58.2 Å². The lowest BCUT2D eigenvalue weighted by Gasteiger charge is -2.51. The molecule has 10 heteroatoms. The zero-order chi connectivity index (χ0) is 75.4. The second-order valence-electron chi connectivity index (χ2n) is 33.3. The first-order valence-corrected chi connectivity index (χ1v) is 39.6. The van der Waals surface area contributed by atoms with Crippen LogP contribution in [0.25, 0.3) is 44.5 Å². The molecule has 0 bridgehead atoms. The molecular formula is C103H77B2N7O. The van der Waals surface area contributed by atoms with Gasteiger partial charge in [-0.05, 0) is 205 Å². The van der Waals surface area contributed by atoms with Crippen LogP contribution in [0.15, 0.2) is 344 Å². The molecule has 0 amide bonds. The molecule has 536 valence electrons. The molecule has 0 spiro atoms. The van der Waals surface area contributed by atoms with Crippen molar-refractivity contribution < 1.29 is 4.42 Å². The smallest absolute Gasteiger partial charge is 0.297 e. The first kappa shape index (κ1) is 65.2. The van der Waals surface area contributed by atoms with Crippen LogP contribution in [0.4, 0.5) is 119 Å². The monoisotopic (exact) mass is 1450 g/mol. The number of hydrogen-bond donors (Lipinski definition) is 0. The van der Waals surface area contributed by atoms with Crippen molar-refractivity contribution in [2.45, 2.75) is 59.3 Å². The molecule has 7 aliphatic heterocycles. The molecule has 7 aliphatic rings. The van der Waals surface area contributed by atoms with Gasteiger partial charge >= 0.3 is 0 Å². The highest BCUT2D eigenvalue weighted by molar-refractivity contribution is 7.03. The first-order valence-electron chi connectivity index (χ1n) is 39.6. The van der Waals surface area contributed by atoms with Gasteiger partial charge in [0.2, 0.25) is 0 Å². The average Bonchev–Trinajstić information content (AvgIpc) is 1.62. The number of aryl methyl sites for hydroxylation is 1. The molecule has 0 saturated heterocycles. The summed E-state index contributed by atoms with van der Waals surface area (Å²) in [4.78, 5) is 18.3. The fraction of sp³-hybridized carbons (Fsp3) is 0.0874. The van der Waals surface area contributed by atoms with E-state index in [0.717, 1.165) is 170 Å². The van der Waals surface area contributed by atoms with Gasteiger partial charge in [-0.3, -0.25) is 0 Å². The van der Waals surface area contributed by atoms with Crippen LogP contribution < -0.4 is 67.5 Å². The number of nitrogens with zero attached hydrogens (tertiary/aromatic N) is 7. The lowest BCUT2D eigenvalue weighted by Crippen LogP contribution is -2.62. The molecule has 0 N–H and O–H groups in total. The minimum absolute atomic E-state index is 0.303. The largest absolute Gasteiger partial charge is 0.480 e. The van der Waals surface area contributed by atoms with E-state index in [1.54, 1.807) is 0 Å². The Morgan fingerprint density at radius 3 is 1.12 bits per heavy atom. The Hall–Kier alpha value is -13.7. The first-order chi connectivity index (χ1) is 55.3. The summed E-state index contributed by atoms with van der Waals surface area (Å²) < 4.78 is 8.69. The predicted octanol–water partition coefficient (Wildman–Crippen LogP) is 24.4. The van der Waals surface area contributed by atoms with Crippen LogP contribution >= 0.6 is 0 Å². The minimum atomic E-state index is -0.424. The third kappa shape index (κ3) is 9.47. The van der Waals surface area contributed by atoms with E-state index in [0.29, 0.717) is 0 Å². The van der Waals surface area contributed by atoms with Crippen molar-refractivity contribution in [1.29, 1.82) is 0 Å². The number of anilines is 21. The van der Waals surface area contributed by atoms with Crippen LogP contribution in [-0.4, -0.2) is 13.4 Å². The molecule has 16 aromatic rings. The zero-order valence-electron chi connectivity index (χ0n) is 64.0. The summed E-state index contributed by atoms with van der Waals surface area (Å²) in [6.07, 6.45) is 0. The molecule has 0 atom stereocenters.